The standard InChI is InChI=1S/C7H10BrN3/c1-11(2)7-6(9)3-5(8)4-10-7/h3-4H,9H2,1-2H3. The van der Waals surface area contributed by atoms with Crippen LogP contribution in [0.4, 0.5) is 11.5 Å². The van der Waals surface area contributed by atoms with Crippen molar-refractivity contribution in [1.82, 2.24) is 4.98 Å². The third-order valence-corrected chi connectivity index (χ3v) is 1.72. The van der Waals surface area contributed by atoms with Crippen LogP contribution >= 0.6 is 15.9 Å². The molecule has 0 spiro atoms. The number of pyridine rings is 1. The van der Waals surface area contributed by atoms with E-state index in [1.54, 1.807) is 6.20 Å². The molecular weight excluding hydrogens is 206 g/mol. The second kappa shape index (κ2) is 3.09. The Morgan fingerprint density at radius 3 is 2.64 bits per heavy atom. The van der Waals surface area contributed by atoms with E-state index in [-0.39, 0.29) is 0 Å². The molecule has 60 valence electrons. The third-order valence-electron chi connectivity index (χ3n) is 1.29. The minimum Gasteiger partial charge on any atom is -0.396 e. The zero-order valence-corrected chi connectivity index (χ0v) is 8.09. The molecule has 1 aromatic heterocycles. The first-order valence-electron chi connectivity index (χ1n) is 3.19. The summed E-state index contributed by atoms with van der Waals surface area (Å²) < 4.78 is 0.903. The van der Waals surface area contributed by atoms with Gasteiger partial charge in [0.2, 0.25) is 0 Å². The number of aromatic nitrogens is 1. The number of hydrogen-bond donors (Lipinski definition) is 1. The Balaban J connectivity index is 3.09. The van der Waals surface area contributed by atoms with Crippen LogP contribution in [0.15, 0.2) is 16.7 Å². The van der Waals surface area contributed by atoms with Crippen LogP contribution in [-0.2, 0) is 0 Å². The molecule has 0 radical (unpaired) electrons. The molecule has 0 bridgehead atoms. The van der Waals surface area contributed by atoms with Gasteiger partial charge in [-0.15, -0.1) is 0 Å². The summed E-state index contributed by atoms with van der Waals surface area (Å²) >= 11 is 3.28. The summed E-state index contributed by atoms with van der Waals surface area (Å²) in [7, 11) is 3.82. The lowest BCUT2D eigenvalue weighted by Crippen LogP contribution is -2.12. The van der Waals surface area contributed by atoms with Gasteiger partial charge in [0.15, 0.2) is 5.82 Å². The highest BCUT2D eigenvalue weighted by atomic mass is 79.9. The van der Waals surface area contributed by atoms with Crippen LogP contribution in [0.3, 0.4) is 0 Å². The number of nitrogens with zero attached hydrogens (tertiary/aromatic N) is 2. The first kappa shape index (κ1) is 8.33. The molecule has 1 rings (SSSR count). The van der Waals surface area contributed by atoms with Crippen molar-refractivity contribution in [2.24, 2.45) is 0 Å². The third kappa shape index (κ3) is 1.83. The lowest BCUT2D eigenvalue weighted by molar-refractivity contribution is 1.07. The first-order valence-corrected chi connectivity index (χ1v) is 3.99. The fourth-order valence-electron chi connectivity index (χ4n) is 0.821. The van der Waals surface area contributed by atoms with Crippen LogP contribution in [0.25, 0.3) is 0 Å². The van der Waals surface area contributed by atoms with E-state index in [1.807, 2.05) is 25.1 Å². The van der Waals surface area contributed by atoms with Gasteiger partial charge >= 0.3 is 0 Å². The summed E-state index contributed by atoms with van der Waals surface area (Å²) in [6, 6.07) is 1.84. The predicted octanol–water partition coefficient (Wildman–Crippen LogP) is 1.49. The van der Waals surface area contributed by atoms with Crippen LogP contribution in [0.1, 0.15) is 0 Å². The van der Waals surface area contributed by atoms with E-state index in [0.717, 1.165) is 10.3 Å². The number of nitrogens with two attached hydrogens (primary N) is 1. The fourth-order valence-corrected chi connectivity index (χ4v) is 1.17. The Labute approximate surface area is 74.3 Å². The van der Waals surface area contributed by atoms with Crippen molar-refractivity contribution in [1.29, 1.82) is 0 Å². The predicted molar refractivity (Wildman–Crippen MR) is 50.7 cm³/mol. The molecule has 0 aliphatic carbocycles. The lowest BCUT2D eigenvalue weighted by Gasteiger charge is -2.12. The van der Waals surface area contributed by atoms with E-state index in [2.05, 4.69) is 20.9 Å². The van der Waals surface area contributed by atoms with Crippen molar-refractivity contribution in [3.63, 3.8) is 0 Å². The minimum absolute atomic E-state index is 0.685. The highest BCUT2D eigenvalue weighted by Gasteiger charge is 2.01. The molecule has 0 amide bonds. The van der Waals surface area contributed by atoms with Gasteiger partial charge in [-0.1, -0.05) is 0 Å². The summed E-state index contributed by atoms with van der Waals surface area (Å²) in [5.41, 5.74) is 6.37. The van der Waals surface area contributed by atoms with Gasteiger partial charge in [0.25, 0.3) is 0 Å². The summed E-state index contributed by atoms with van der Waals surface area (Å²) in [6.45, 7) is 0. The molecule has 0 atom stereocenters. The van der Waals surface area contributed by atoms with Gasteiger partial charge in [0.05, 0.1) is 5.69 Å². The van der Waals surface area contributed by atoms with Gasteiger partial charge in [-0.05, 0) is 22.0 Å². The fraction of sp³-hybridized carbons (Fsp3) is 0.286. The minimum atomic E-state index is 0.685. The van der Waals surface area contributed by atoms with Gasteiger partial charge in [0, 0.05) is 24.8 Å². The SMILES string of the molecule is CN(C)c1ncc(Br)cc1N. The van der Waals surface area contributed by atoms with E-state index >= 15 is 0 Å². The van der Waals surface area contributed by atoms with Crippen molar-refractivity contribution in [3.05, 3.63) is 16.7 Å². The van der Waals surface area contributed by atoms with Crippen LogP contribution < -0.4 is 10.6 Å². The highest BCUT2D eigenvalue weighted by molar-refractivity contribution is 9.10. The monoisotopic (exact) mass is 215 g/mol. The molecule has 0 saturated heterocycles. The topological polar surface area (TPSA) is 42.2 Å². The summed E-state index contributed by atoms with van der Waals surface area (Å²) in [5.74, 6) is 0.799. The number of rotatable bonds is 1. The second-order valence-electron chi connectivity index (χ2n) is 2.46. The molecule has 3 nitrogen and oxygen atoms in total. The molecule has 0 unspecified atom stereocenters. The van der Waals surface area contributed by atoms with E-state index in [0.29, 0.717) is 5.69 Å². The van der Waals surface area contributed by atoms with Crippen LogP contribution in [0, 0.1) is 0 Å². The van der Waals surface area contributed by atoms with Gasteiger partial charge < -0.3 is 10.6 Å². The van der Waals surface area contributed by atoms with Gasteiger partial charge in [-0.2, -0.15) is 0 Å². The van der Waals surface area contributed by atoms with Crippen molar-refractivity contribution in [2.45, 2.75) is 0 Å². The lowest BCUT2D eigenvalue weighted by atomic mass is 10.4. The maximum atomic E-state index is 5.69. The zero-order chi connectivity index (χ0) is 8.43. The van der Waals surface area contributed by atoms with E-state index in [4.69, 9.17) is 5.73 Å². The molecule has 0 aliphatic rings. The number of nitrogen functional groups attached to an aromatic ring is 1. The molecule has 4 heteroatoms. The Kier molecular flexibility index (Phi) is 2.34. The summed E-state index contributed by atoms with van der Waals surface area (Å²) in [5, 5.41) is 0. The average Bonchev–Trinajstić information content (AvgIpc) is 1.85. The van der Waals surface area contributed by atoms with Crippen LogP contribution in [-0.4, -0.2) is 19.1 Å². The van der Waals surface area contributed by atoms with Crippen LogP contribution in [0.2, 0.25) is 0 Å². The zero-order valence-electron chi connectivity index (χ0n) is 6.50. The van der Waals surface area contributed by atoms with Gasteiger partial charge in [0.1, 0.15) is 0 Å². The first-order chi connectivity index (χ1) is 5.11. The molecule has 0 saturated carbocycles. The van der Waals surface area contributed by atoms with Crippen molar-refractivity contribution in [3.8, 4) is 0 Å². The summed E-state index contributed by atoms with van der Waals surface area (Å²) in [6.07, 6.45) is 1.73. The molecule has 0 aliphatic heterocycles. The van der Waals surface area contributed by atoms with E-state index in [9.17, 15) is 0 Å². The number of halogens is 1. The van der Waals surface area contributed by atoms with E-state index in [1.165, 1.54) is 0 Å². The van der Waals surface area contributed by atoms with E-state index < -0.39 is 0 Å². The summed E-state index contributed by atoms with van der Waals surface area (Å²) in [4.78, 5) is 6.01. The molecule has 1 heterocycles. The molecule has 0 fully saturated rings. The Hall–Kier alpha value is -0.770. The molecule has 11 heavy (non-hydrogen) atoms. The number of anilines is 2. The van der Waals surface area contributed by atoms with Gasteiger partial charge in [-0.25, -0.2) is 4.98 Å². The quantitative estimate of drug-likeness (QED) is 0.773. The van der Waals surface area contributed by atoms with Crippen molar-refractivity contribution >= 4 is 27.4 Å². The Bertz CT molecular complexity index is 260. The largest absolute Gasteiger partial charge is 0.396 e. The van der Waals surface area contributed by atoms with Crippen molar-refractivity contribution in [2.75, 3.05) is 24.7 Å². The van der Waals surface area contributed by atoms with Gasteiger partial charge in [-0.3, -0.25) is 0 Å². The smallest absolute Gasteiger partial charge is 0.151 e. The average molecular weight is 216 g/mol. The van der Waals surface area contributed by atoms with Crippen molar-refractivity contribution < 1.29 is 0 Å². The maximum absolute atomic E-state index is 5.69. The molecule has 0 aromatic carbocycles. The highest BCUT2D eigenvalue weighted by Crippen LogP contribution is 2.21. The Morgan fingerprint density at radius 1 is 1.55 bits per heavy atom. The Morgan fingerprint density at radius 2 is 2.18 bits per heavy atom. The molecule has 1 aromatic rings. The molecule has 2 N–H and O–H groups in total. The second-order valence-corrected chi connectivity index (χ2v) is 3.38. The maximum Gasteiger partial charge on any atom is 0.151 e. The van der Waals surface area contributed by atoms with Crippen LogP contribution in [0.5, 0.6) is 0 Å². The normalized spacial score (nSPS) is 9.73. The number of hydrogen-bond acceptors (Lipinski definition) is 3. The molecular formula is C7H10BrN3.